The van der Waals surface area contributed by atoms with Crippen LogP contribution in [0, 0.1) is 0 Å². The fourth-order valence-electron chi connectivity index (χ4n) is 3.25. The largest absolute Gasteiger partial charge is 0.516 e. The van der Waals surface area contributed by atoms with Crippen molar-refractivity contribution >= 4 is 12.1 Å². The zero-order valence-electron chi connectivity index (χ0n) is 18.2. The molecule has 1 fully saturated rings. The Bertz CT molecular complexity index is 923. The van der Waals surface area contributed by atoms with E-state index in [-0.39, 0.29) is 0 Å². The molecule has 8 nitrogen and oxygen atoms in total. The average Bonchev–Trinajstić information content (AvgIpc) is 3.18. The molecule has 2 aromatic rings. The fraction of sp³-hybridized carbons (Fsp3) is 0.391. The van der Waals surface area contributed by atoms with Crippen LogP contribution >= 0.6 is 0 Å². The predicted octanol–water partition coefficient (Wildman–Crippen LogP) is 3.91. The third kappa shape index (κ3) is 5.53. The van der Waals surface area contributed by atoms with Crippen molar-refractivity contribution in [2.45, 2.75) is 44.7 Å². The van der Waals surface area contributed by atoms with Crippen molar-refractivity contribution in [2.24, 2.45) is 0 Å². The molecule has 0 aliphatic carbocycles. The molecule has 1 heterocycles. The highest BCUT2D eigenvalue weighted by Gasteiger charge is 2.43. The van der Waals surface area contributed by atoms with E-state index in [0.29, 0.717) is 17.1 Å². The molecule has 3 rings (SSSR count). The fourth-order valence-corrected chi connectivity index (χ4v) is 3.25. The number of methoxy groups -OCH3 is 2. The lowest BCUT2D eigenvalue weighted by Gasteiger charge is -2.20. The molecule has 3 atom stereocenters. The topological polar surface area (TPSA) is 92.3 Å². The molecule has 1 aliphatic rings. The van der Waals surface area contributed by atoms with Gasteiger partial charge in [0, 0.05) is 11.6 Å². The molecule has 1 saturated heterocycles. The molecule has 166 valence electrons. The highest BCUT2D eigenvalue weighted by Crippen LogP contribution is 2.39. The summed E-state index contributed by atoms with van der Waals surface area (Å²) in [6.45, 7) is 5.06. The molecule has 0 aromatic heterocycles. The minimum Gasteiger partial charge on any atom is -0.497 e. The second kappa shape index (κ2) is 9.36. The van der Waals surface area contributed by atoms with Gasteiger partial charge in [-0.15, -0.1) is 0 Å². The Kier molecular flexibility index (Phi) is 6.82. The lowest BCUT2D eigenvalue weighted by Crippen LogP contribution is -2.34. The van der Waals surface area contributed by atoms with E-state index >= 15 is 0 Å². The van der Waals surface area contributed by atoms with Crippen LogP contribution in [-0.4, -0.2) is 38.0 Å². The van der Waals surface area contributed by atoms with Gasteiger partial charge < -0.3 is 23.7 Å². The SMILES string of the molecule is COc1ccc(C2NC(c3ccccc3)C(C(=O)OC(=O)OC(C)(C)C)O2)c(OC)c1. The number of benzene rings is 2. The van der Waals surface area contributed by atoms with Crippen molar-refractivity contribution in [3.63, 3.8) is 0 Å². The van der Waals surface area contributed by atoms with Gasteiger partial charge in [-0.3, -0.25) is 5.32 Å². The van der Waals surface area contributed by atoms with Gasteiger partial charge in [-0.25, -0.2) is 9.59 Å². The number of rotatable bonds is 5. The first-order valence-electron chi connectivity index (χ1n) is 9.85. The second-order valence-electron chi connectivity index (χ2n) is 7.99. The minimum absolute atomic E-state index is 0.532. The number of carbonyl (C=O) groups is 2. The van der Waals surface area contributed by atoms with Gasteiger partial charge in [0.05, 0.1) is 20.3 Å². The summed E-state index contributed by atoms with van der Waals surface area (Å²) in [7, 11) is 3.10. The molecule has 0 spiro atoms. The van der Waals surface area contributed by atoms with Crippen LogP contribution in [0.3, 0.4) is 0 Å². The molecule has 2 aromatic carbocycles. The minimum atomic E-state index is -1.08. The van der Waals surface area contributed by atoms with Crippen molar-refractivity contribution in [2.75, 3.05) is 14.2 Å². The molecule has 0 saturated carbocycles. The van der Waals surface area contributed by atoms with E-state index in [1.807, 2.05) is 30.3 Å². The number of esters is 1. The van der Waals surface area contributed by atoms with Crippen LogP contribution in [-0.2, 0) is 19.0 Å². The Balaban J connectivity index is 1.87. The number of hydrogen-bond donors (Lipinski definition) is 1. The Hall–Kier alpha value is -3.10. The average molecular weight is 429 g/mol. The molecule has 8 heteroatoms. The maximum absolute atomic E-state index is 12.8. The molecule has 31 heavy (non-hydrogen) atoms. The van der Waals surface area contributed by atoms with Gasteiger partial charge in [-0.1, -0.05) is 30.3 Å². The summed E-state index contributed by atoms with van der Waals surface area (Å²) in [6, 6.07) is 14.1. The second-order valence-corrected chi connectivity index (χ2v) is 7.99. The predicted molar refractivity (Wildman–Crippen MR) is 112 cm³/mol. The van der Waals surface area contributed by atoms with E-state index in [9.17, 15) is 9.59 Å². The Morgan fingerprint density at radius 2 is 1.71 bits per heavy atom. The highest BCUT2D eigenvalue weighted by molar-refractivity contribution is 5.86. The monoisotopic (exact) mass is 429 g/mol. The van der Waals surface area contributed by atoms with E-state index in [2.05, 4.69) is 5.32 Å². The first-order valence-corrected chi connectivity index (χ1v) is 9.85. The van der Waals surface area contributed by atoms with Crippen LogP contribution in [0.5, 0.6) is 11.5 Å². The molecule has 3 unspecified atom stereocenters. The summed E-state index contributed by atoms with van der Waals surface area (Å²) in [6.07, 6.45) is -2.83. The Morgan fingerprint density at radius 1 is 1.00 bits per heavy atom. The quantitative estimate of drug-likeness (QED) is 0.565. The van der Waals surface area contributed by atoms with E-state index in [1.165, 1.54) is 7.11 Å². The Labute approximate surface area is 181 Å². The van der Waals surface area contributed by atoms with Gasteiger partial charge in [-0.05, 0) is 38.5 Å². The first kappa shape index (κ1) is 22.6. The van der Waals surface area contributed by atoms with Crippen LogP contribution in [0.1, 0.15) is 44.2 Å². The van der Waals surface area contributed by atoms with E-state index in [4.69, 9.17) is 23.7 Å². The van der Waals surface area contributed by atoms with Crippen molar-refractivity contribution < 1.29 is 33.3 Å². The summed E-state index contributed by atoms with van der Waals surface area (Å²) in [4.78, 5) is 24.8. The smallest absolute Gasteiger partial charge is 0.497 e. The van der Waals surface area contributed by atoms with Gasteiger partial charge in [0.15, 0.2) is 6.10 Å². The van der Waals surface area contributed by atoms with E-state index < -0.39 is 36.1 Å². The van der Waals surface area contributed by atoms with Crippen molar-refractivity contribution in [3.05, 3.63) is 59.7 Å². The van der Waals surface area contributed by atoms with Crippen LogP contribution < -0.4 is 14.8 Å². The third-order valence-corrected chi connectivity index (χ3v) is 4.60. The lowest BCUT2D eigenvalue weighted by molar-refractivity contribution is -0.154. The van der Waals surface area contributed by atoms with Gasteiger partial charge in [0.1, 0.15) is 23.3 Å². The zero-order chi connectivity index (χ0) is 22.6. The van der Waals surface area contributed by atoms with Gasteiger partial charge in [-0.2, -0.15) is 0 Å². The third-order valence-electron chi connectivity index (χ3n) is 4.60. The molecule has 1 aliphatic heterocycles. The molecule has 0 bridgehead atoms. The number of nitrogens with one attached hydrogen (secondary N) is 1. The zero-order valence-corrected chi connectivity index (χ0v) is 18.2. The summed E-state index contributed by atoms with van der Waals surface area (Å²) in [5.74, 6) is 0.314. The van der Waals surface area contributed by atoms with Crippen molar-refractivity contribution in [1.29, 1.82) is 0 Å². The summed E-state index contributed by atoms with van der Waals surface area (Å²) < 4.78 is 26.7. The number of ether oxygens (including phenoxy) is 5. The van der Waals surface area contributed by atoms with Crippen LogP contribution in [0.15, 0.2) is 48.5 Å². The standard InChI is InChI=1S/C23H27NO7/c1-23(2,3)31-22(26)30-21(25)19-18(14-9-7-6-8-10-14)24-20(29-19)16-12-11-15(27-4)13-17(16)28-5/h6-13,18-20,24H,1-5H3. The maximum Gasteiger partial charge on any atom is 0.516 e. The number of hydrogen-bond acceptors (Lipinski definition) is 8. The van der Waals surface area contributed by atoms with Crippen LogP contribution in [0.2, 0.25) is 0 Å². The van der Waals surface area contributed by atoms with Gasteiger partial charge in [0.25, 0.3) is 0 Å². The first-order chi connectivity index (χ1) is 14.7. The van der Waals surface area contributed by atoms with Crippen LogP contribution in [0.4, 0.5) is 4.79 Å². The van der Waals surface area contributed by atoms with Crippen LogP contribution in [0.25, 0.3) is 0 Å². The summed E-state index contributed by atoms with van der Waals surface area (Å²) in [5, 5.41) is 3.29. The summed E-state index contributed by atoms with van der Waals surface area (Å²) in [5.41, 5.74) is 0.699. The van der Waals surface area contributed by atoms with Crippen molar-refractivity contribution in [3.8, 4) is 11.5 Å². The molecule has 0 amide bonds. The van der Waals surface area contributed by atoms with Gasteiger partial charge in [0.2, 0.25) is 0 Å². The molecular formula is C23H27NO7. The number of carbonyl (C=O) groups excluding carboxylic acids is 2. The maximum atomic E-state index is 12.8. The van der Waals surface area contributed by atoms with Gasteiger partial charge >= 0.3 is 12.1 Å². The lowest BCUT2D eigenvalue weighted by atomic mass is 10.0. The molecule has 1 N–H and O–H groups in total. The molecule has 0 radical (unpaired) electrons. The van der Waals surface area contributed by atoms with Crippen molar-refractivity contribution in [1.82, 2.24) is 5.32 Å². The summed E-state index contributed by atoms with van der Waals surface area (Å²) >= 11 is 0. The molecular weight excluding hydrogens is 402 g/mol. The Morgan fingerprint density at radius 3 is 2.32 bits per heavy atom. The highest BCUT2D eigenvalue weighted by atomic mass is 16.8. The van der Waals surface area contributed by atoms with E-state index in [1.54, 1.807) is 46.1 Å². The normalized spacial score (nSPS) is 20.7. The van der Waals surface area contributed by atoms with E-state index in [0.717, 1.165) is 5.56 Å².